The van der Waals surface area contributed by atoms with Crippen molar-refractivity contribution in [2.75, 3.05) is 0 Å². The van der Waals surface area contributed by atoms with Gasteiger partial charge in [-0.3, -0.25) is 9.59 Å². The molecule has 6 heteroatoms. The first kappa shape index (κ1) is 20.4. The molecule has 0 spiro atoms. The zero-order chi connectivity index (χ0) is 21.8. The number of aryl methyl sites for hydroxylation is 1. The molecule has 31 heavy (non-hydrogen) atoms. The fraction of sp³-hybridized carbons (Fsp3) is 0.0400. The Morgan fingerprint density at radius 1 is 1.00 bits per heavy atom. The van der Waals surface area contributed by atoms with Crippen LogP contribution < -0.4 is 4.74 Å². The van der Waals surface area contributed by atoms with Gasteiger partial charge in [0.15, 0.2) is 5.75 Å². The number of hydrogen-bond acceptors (Lipinski definition) is 6. The van der Waals surface area contributed by atoms with E-state index in [9.17, 15) is 14.7 Å². The van der Waals surface area contributed by atoms with Crippen LogP contribution >= 0.6 is 11.3 Å². The maximum Gasteiger partial charge on any atom is 0.297 e. The average Bonchev–Trinajstić information content (AvgIpc) is 3.12. The minimum absolute atomic E-state index is 0.128. The molecule has 0 saturated carbocycles. The third kappa shape index (κ3) is 4.49. The molecule has 5 nitrogen and oxygen atoms in total. The van der Waals surface area contributed by atoms with E-state index in [1.807, 2.05) is 31.2 Å². The Balaban J connectivity index is 1.72. The van der Waals surface area contributed by atoms with Gasteiger partial charge in [-0.15, -0.1) is 11.3 Å². The number of phenols is 1. The SMILES string of the molecule is Cc1ccc(C(=O)c2sc3cc(O)ccc3c2Oc2ccc(/C=C/OC=O)cc2)cc1. The van der Waals surface area contributed by atoms with E-state index in [0.717, 1.165) is 21.2 Å². The van der Waals surface area contributed by atoms with Crippen LogP contribution in [0.5, 0.6) is 17.2 Å². The highest BCUT2D eigenvalue weighted by atomic mass is 32.1. The Morgan fingerprint density at radius 3 is 2.45 bits per heavy atom. The van der Waals surface area contributed by atoms with E-state index in [-0.39, 0.29) is 11.5 Å². The molecule has 0 amide bonds. The van der Waals surface area contributed by atoms with Crippen LogP contribution in [0.15, 0.2) is 73.0 Å². The number of benzene rings is 3. The molecule has 0 atom stereocenters. The van der Waals surface area contributed by atoms with Crippen LogP contribution in [0, 0.1) is 6.92 Å². The van der Waals surface area contributed by atoms with E-state index < -0.39 is 0 Å². The molecule has 0 saturated heterocycles. The van der Waals surface area contributed by atoms with Crippen LogP contribution in [-0.4, -0.2) is 17.4 Å². The number of ketones is 1. The number of ether oxygens (including phenoxy) is 2. The van der Waals surface area contributed by atoms with Crippen LogP contribution in [0.4, 0.5) is 0 Å². The van der Waals surface area contributed by atoms with Gasteiger partial charge in [0, 0.05) is 15.6 Å². The molecule has 154 valence electrons. The molecule has 4 aromatic rings. The molecule has 1 N–H and O–H groups in total. The maximum absolute atomic E-state index is 13.2. The van der Waals surface area contributed by atoms with Gasteiger partial charge in [-0.2, -0.15) is 0 Å². The molecule has 3 aromatic carbocycles. The fourth-order valence-electron chi connectivity index (χ4n) is 3.06. The number of aromatic hydroxyl groups is 1. The second kappa shape index (κ2) is 8.85. The van der Waals surface area contributed by atoms with E-state index in [4.69, 9.17) is 4.74 Å². The number of thiophene rings is 1. The van der Waals surface area contributed by atoms with E-state index in [2.05, 4.69) is 4.74 Å². The highest BCUT2D eigenvalue weighted by Crippen LogP contribution is 2.42. The first-order chi connectivity index (χ1) is 15.0. The largest absolute Gasteiger partial charge is 0.508 e. The van der Waals surface area contributed by atoms with Gasteiger partial charge in [0.2, 0.25) is 5.78 Å². The van der Waals surface area contributed by atoms with Crippen molar-refractivity contribution < 1.29 is 24.2 Å². The summed E-state index contributed by atoms with van der Waals surface area (Å²) in [5.74, 6) is 1.00. The van der Waals surface area contributed by atoms with Crippen molar-refractivity contribution in [1.82, 2.24) is 0 Å². The van der Waals surface area contributed by atoms with Gasteiger partial charge < -0.3 is 14.6 Å². The van der Waals surface area contributed by atoms with Crippen LogP contribution in [0.25, 0.3) is 16.2 Å². The van der Waals surface area contributed by atoms with Gasteiger partial charge in [0.1, 0.15) is 16.4 Å². The normalized spacial score (nSPS) is 11.0. The number of fused-ring (bicyclic) bond motifs is 1. The minimum atomic E-state index is -0.138. The summed E-state index contributed by atoms with van der Waals surface area (Å²) in [5, 5.41) is 10.6. The Morgan fingerprint density at radius 2 is 1.74 bits per heavy atom. The molecule has 0 aliphatic rings. The number of carbonyl (C=O) groups is 2. The molecule has 1 aromatic heterocycles. The van der Waals surface area contributed by atoms with Crippen molar-refractivity contribution in [2.24, 2.45) is 0 Å². The lowest BCUT2D eigenvalue weighted by Crippen LogP contribution is -2.00. The lowest BCUT2D eigenvalue weighted by atomic mass is 10.1. The zero-order valence-corrected chi connectivity index (χ0v) is 17.4. The lowest BCUT2D eigenvalue weighted by molar-refractivity contribution is -0.123. The van der Waals surface area contributed by atoms with Gasteiger partial charge in [0.05, 0.1) is 6.26 Å². The Hall–Kier alpha value is -3.90. The van der Waals surface area contributed by atoms with Crippen molar-refractivity contribution >= 4 is 39.8 Å². The number of rotatable bonds is 7. The first-order valence-electron chi connectivity index (χ1n) is 9.45. The first-order valence-corrected chi connectivity index (χ1v) is 10.3. The molecule has 0 aliphatic carbocycles. The van der Waals surface area contributed by atoms with Gasteiger partial charge in [-0.1, -0.05) is 42.0 Å². The summed E-state index contributed by atoms with van der Waals surface area (Å²) in [7, 11) is 0. The monoisotopic (exact) mass is 430 g/mol. The number of carbonyl (C=O) groups excluding carboxylic acids is 2. The van der Waals surface area contributed by atoms with Crippen molar-refractivity contribution in [2.45, 2.75) is 6.92 Å². The topological polar surface area (TPSA) is 72.8 Å². The van der Waals surface area contributed by atoms with E-state index in [1.165, 1.54) is 17.6 Å². The number of phenolic OH excluding ortho intramolecular Hbond substituents is 1. The molecule has 0 unspecified atom stereocenters. The summed E-state index contributed by atoms with van der Waals surface area (Å²) < 4.78 is 11.5. The van der Waals surface area contributed by atoms with Crippen LogP contribution in [0.2, 0.25) is 0 Å². The van der Waals surface area contributed by atoms with E-state index >= 15 is 0 Å². The maximum atomic E-state index is 13.2. The zero-order valence-electron chi connectivity index (χ0n) is 16.6. The van der Waals surface area contributed by atoms with Gasteiger partial charge in [0.25, 0.3) is 6.47 Å². The summed E-state index contributed by atoms with van der Waals surface area (Å²) in [6.07, 6.45) is 2.94. The van der Waals surface area contributed by atoms with E-state index in [1.54, 1.807) is 48.5 Å². The Kier molecular flexibility index (Phi) is 5.82. The Bertz CT molecular complexity index is 1270. The van der Waals surface area contributed by atoms with Gasteiger partial charge in [-0.05, 0) is 48.9 Å². The standard InChI is InChI=1S/C25H18O5S/c1-16-2-6-18(7-3-16)23(28)25-24(21-11-8-19(27)14-22(21)31-25)30-20-9-4-17(5-10-20)12-13-29-15-26/h2-15,27H,1H3/b13-12+. The average molecular weight is 430 g/mol. The van der Waals surface area contributed by atoms with Gasteiger partial charge >= 0.3 is 0 Å². The van der Waals surface area contributed by atoms with Crippen LogP contribution in [0.3, 0.4) is 0 Å². The number of hydrogen-bond donors (Lipinski definition) is 1. The quantitative estimate of drug-likeness (QED) is 0.218. The molecule has 0 bridgehead atoms. The fourth-order valence-corrected chi connectivity index (χ4v) is 4.19. The highest BCUT2D eigenvalue weighted by molar-refractivity contribution is 7.21. The second-order valence-electron chi connectivity index (χ2n) is 6.84. The molecular formula is C25H18O5S. The van der Waals surface area contributed by atoms with Crippen LogP contribution in [-0.2, 0) is 9.53 Å². The summed E-state index contributed by atoms with van der Waals surface area (Å²) in [5.41, 5.74) is 2.47. The van der Waals surface area contributed by atoms with Crippen molar-refractivity contribution in [3.63, 3.8) is 0 Å². The molecule has 4 rings (SSSR count). The summed E-state index contributed by atoms with van der Waals surface area (Å²) in [4.78, 5) is 23.9. The summed E-state index contributed by atoms with van der Waals surface area (Å²) in [6.45, 7) is 2.31. The lowest BCUT2D eigenvalue weighted by Gasteiger charge is -2.08. The summed E-state index contributed by atoms with van der Waals surface area (Å²) >= 11 is 1.29. The van der Waals surface area contributed by atoms with Crippen LogP contribution in [0.1, 0.15) is 26.4 Å². The highest BCUT2D eigenvalue weighted by Gasteiger charge is 2.22. The second-order valence-corrected chi connectivity index (χ2v) is 7.89. The predicted octanol–water partition coefficient (Wildman–Crippen LogP) is 6.08. The van der Waals surface area contributed by atoms with Crippen molar-refractivity contribution in [3.05, 3.63) is 94.6 Å². The van der Waals surface area contributed by atoms with Crippen molar-refractivity contribution in [3.8, 4) is 17.2 Å². The van der Waals surface area contributed by atoms with E-state index in [0.29, 0.717) is 28.4 Å². The molecule has 1 heterocycles. The van der Waals surface area contributed by atoms with Crippen molar-refractivity contribution in [1.29, 1.82) is 0 Å². The summed E-state index contributed by atoms with van der Waals surface area (Å²) in [6, 6.07) is 19.5. The minimum Gasteiger partial charge on any atom is -0.508 e. The molecule has 0 aliphatic heterocycles. The molecule has 0 fully saturated rings. The molecule has 0 radical (unpaired) electrons. The molecular weight excluding hydrogens is 412 g/mol. The third-order valence-electron chi connectivity index (χ3n) is 4.64. The smallest absolute Gasteiger partial charge is 0.297 e. The van der Waals surface area contributed by atoms with Gasteiger partial charge in [-0.25, -0.2) is 0 Å². The Labute approximate surface area is 182 Å². The predicted molar refractivity (Wildman–Crippen MR) is 121 cm³/mol. The third-order valence-corrected chi connectivity index (χ3v) is 5.78.